The predicted octanol–water partition coefficient (Wildman–Crippen LogP) is 4.00. The number of ether oxygens (including phenoxy) is 1. The van der Waals surface area contributed by atoms with Crippen molar-refractivity contribution in [2.45, 2.75) is 55.6 Å². The van der Waals surface area contributed by atoms with Crippen LogP contribution in [0.1, 0.15) is 49.7 Å². The number of hydrogen-bond donors (Lipinski definition) is 0. The molecule has 2 aliphatic rings. The van der Waals surface area contributed by atoms with Gasteiger partial charge in [-0.15, -0.1) is 0 Å². The van der Waals surface area contributed by atoms with E-state index in [0.717, 1.165) is 17.5 Å². The highest BCUT2D eigenvalue weighted by molar-refractivity contribution is 5.84. The average molecular weight is 408 g/mol. The first-order chi connectivity index (χ1) is 14.4. The number of methoxy groups -OCH3 is 1. The molecule has 4 rings (SSSR count). The van der Waals surface area contributed by atoms with Gasteiger partial charge in [-0.1, -0.05) is 67.6 Å². The van der Waals surface area contributed by atoms with Gasteiger partial charge in [0.1, 0.15) is 5.54 Å². The highest BCUT2D eigenvalue weighted by atomic mass is 16.6. The van der Waals surface area contributed by atoms with Crippen molar-refractivity contribution in [1.29, 1.82) is 0 Å². The predicted molar refractivity (Wildman–Crippen MR) is 114 cm³/mol. The summed E-state index contributed by atoms with van der Waals surface area (Å²) in [6.45, 7) is 4.40. The fourth-order valence-electron chi connectivity index (χ4n) is 6.23. The number of fused-ring (bicyclic) bond motifs is 1. The van der Waals surface area contributed by atoms with Crippen LogP contribution >= 0.6 is 0 Å². The topological polar surface area (TPSA) is 72.7 Å². The highest BCUT2D eigenvalue weighted by Crippen LogP contribution is 2.60. The quantitative estimate of drug-likeness (QED) is 0.425. The Hall–Kier alpha value is -2.73. The number of benzene rings is 2. The Morgan fingerprint density at radius 3 is 2.33 bits per heavy atom. The zero-order valence-electron chi connectivity index (χ0n) is 17.7. The summed E-state index contributed by atoms with van der Waals surface area (Å²) in [7, 11) is 1.38. The van der Waals surface area contributed by atoms with Gasteiger partial charge < -0.3 is 4.74 Å². The molecule has 30 heavy (non-hydrogen) atoms. The maximum absolute atomic E-state index is 13.3. The molecule has 5 atom stereocenters. The average Bonchev–Trinajstić information content (AvgIpc) is 3.28. The van der Waals surface area contributed by atoms with Gasteiger partial charge in [-0.05, 0) is 30.5 Å². The summed E-state index contributed by atoms with van der Waals surface area (Å²) in [6.07, 6.45) is 1.37. The minimum atomic E-state index is -1.36. The van der Waals surface area contributed by atoms with Crippen molar-refractivity contribution in [3.8, 4) is 0 Å². The zero-order chi connectivity index (χ0) is 21.5. The van der Waals surface area contributed by atoms with E-state index in [1.54, 1.807) is 6.92 Å². The van der Waals surface area contributed by atoms with Crippen LogP contribution in [0.15, 0.2) is 60.7 Å². The van der Waals surface area contributed by atoms with Crippen LogP contribution in [0.25, 0.3) is 0 Å². The van der Waals surface area contributed by atoms with E-state index in [1.807, 2.05) is 67.6 Å². The van der Waals surface area contributed by atoms with Crippen molar-refractivity contribution in [2.24, 2.45) is 0 Å². The summed E-state index contributed by atoms with van der Waals surface area (Å²) < 4.78 is 5.29. The monoisotopic (exact) mass is 408 g/mol. The van der Waals surface area contributed by atoms with Crippen LogP contribution < -0.4 is 0 Å². The van der Waals surface area contributed by atoms with Crippen molar-refractivity contribution < 1.29 is 14.5 Å². The Morgan fingerprint density at radius 1 is 1.17 bits per heavy atom. The summed E-state index contributed by atoms with van der Waals surface area (Å²) in [5.74, 6) is -1.10. The van der Waals surface area contributed by atoms with Crippen LogP contribution in [-0.2, 0) is 9.53 Å². The molecule has 6 heteroatoms. The number of hydrogen-bond acceptors (Lipinski definition) is 5. The first-order valence-corrected chi connectivity index (χ1v) is 10.5. The zero-order valence-corrected chi connectivity index (χ0v) is 17.7. The first kappa shape index (κ1) is 20.5. The lowest BCUT2D eigenvalue weighted by atomic mass is 9.67. The fraction of sp³-hybridized carbons (Fsp3) is 0.458. The second kappa shape index (κ2) is 7.51. The lowest BCUT2D eigenvalue weighted by Crippen LogP contribution is -2.52. The van der Waals surface area contributed by atoms with E-state index in [9.17, 15) is 14.9 Å². The van der Waals surface area contributed by atoms with Gasteiger partial charge in [0.15, 0.2) is 0 Å². The van der Waals surface area contributed by atoms with Gasteiger partial charge in [0.05, 0.1) is 19.1 Å². The Labute approximate surface area is 177 Å². The van der Waals surface area contributed by atoms with Crippen molar-refractivity contribution in [3.63, 3.8) is 0 Å². The standard InChI is InChI=1S/C24H28N2O4/c1-17(18-11-6-4-7-12-18)21-23(2,26(28)29)20(19-13-8-5-9-14-19)24(22(27)30-3)15-10-16-25(21)24/h4-9,11-14,17,20-21H,10,15-16H2,1-3H3/t17?,20-,21-,23+,24+/m0/s1. The Balaban J connectivity index is 1.97. The molecule has 0 saturated carbocycles. The summed E-state index contributed by atoms with van der Waals surface area (Å²) in [5.41, 5.74) is -0.539. The molecule has 0 radical (unpaired) electrons. The van der Waals surface area contributed by atoms with Gasteiger partial charge in [0, 0.05) is 17.8 Å². The van der Waals surface area contributed by atoms with Crippen LogP contribution in [-0.4, -0.2) is 46.6 Å². The molecule has 2 heterocycles. The number of nitro groups is 1. The lowest BCUT2D eigenvalue weighted by Gasteiger charge is -2.35. The first-order valence-electron chi connectivity index (χ1n) is 10.5. The highest BCUT2D eigenvalue weighted by Gasteiger charge is 2.76. The SMILES string of the molecule is COC(=O)[C@]12CCCN1[C@@H](C(C)c1ccccc1)[C@](C)([N+](=O)[O-])[C@@H]2c1ccccc1. The molecule has 6 nitrogen and oxygen atoms in total. The summed E-state index contributed by atoms with van der Waals surface area (Å²) >= 11 is 0. The Kier molecular flexibility index (Phi) is 5.14. The second-order valence-electron chi connectivity index (χ2n) is 8.68. The second-order valence-corrected chi connectivity index (χ2v) is 8.68. The van der Waals surface area contributed by atoms with Gasteiger partial charge in [-0.25, -0.2) is 0 Å². The van der Waals surface area contributed by atoms with Gasteiger partial charge in [0.2, 0.25) is 5.54 Å². The van der Waals surface area contributed by atoms with Gasteiger partial charge in [-0.2, -0.15) is 0 Å². The van der Waals surface area contributed by atoms with Gasteiger partial charge >= 0.3 is 5.97 Å². The van der Waals surface area contributed by atoms with Crippen LogP contribution in [0.5, 0.6) is 0 Å². The largest absolute Gasteiger partial charge is 0.468 e. The van der Waals surface area contributed by atoms with Crippen molar-refractivity contribution in [3.05, 3.63) is 81.9 Å². The van der Waals surface area contributed by atoms with Crippen LogP contribution in [0, 0.1) is 10.1 Å². The number of esters is 1. The smallest absolute Gasteiger partial charge is 0.327 e. The lowest BCUT2D eigenvalue weighted by molar-refractivity contribution is -0.572. The molecule has 2 aromatic rings. The maximum atomic E-state index is 13.3. The third kappa shape index (κ3) is 2.70. The molecule has 0 spiro atoms. The summed E-state index contributed by atoms with van der Waals surface area (Å²) in [5, 5.41) is 12.8. The molecule has 0 amide bonds. The molecule has 158 valence electrons. The Bertz CT molecular complexity index is 935. The Morgan fingerprint density at radius 2 is 1.77 bits per heavy atom. The van der Waals surface area contributed by atoms with Crippen molar-refractivity contribution in [1.82, 2.24) is 4.90 Å². The minimum absolute atomic E-state index is 0.127. The molecule has 1 unspecified atom stereocenters. The third-order valence-electron chi connectivity index (χ3n) is 7.33. The summed E-state index contributed by atoms with van der Waals surface area (Å²) in [4.78, 5) is 28.0. The molecule has 0 N–H and O–H groups in total. The molecule has 2 saturated heterocycles. The molecule has 0 aliphatic carbocycles. The molecule has 0 bridgehead atoms. The number of nitrogens with zero attached hydrogens (tertiary/aromatic N) is 2. The van der Waals surface area contributed by atoms with E-state index in [1.165, 1.54) is 7.11 Å². The minimum Gasteiger partial charge on any atom is -0.468 e. The third-order valence-corrected chi connectivity index (χ3v) is 7.33. The normalized spacial score (nSPS) is 31.8. The van der Waals surface area contributed by atoms with Crippen molar-refractivity contribution >= 4 is 5.97 Å². The molecule has 2 aliphatic heterocycles. The van der Waals surface area contributed by atoms with E-state index >= 15 is 0 Å². The molecule has 2 fully saturated rings. The fourth-order valence-corrected chi connectivity index (χ4v) is 6.23. The van der Waals surface area contributed by atoms with E-state index in [-0.39, 0.29) is 16.8 Å². The molecule has 2 aromatic carbocycles. The van der Waals surface area contributed by atoms with Crippen LogP contribution in [0.3, 0.4) is 0 Å². The maximum Gasteiger partial charge on any atom is 0.327 e. The van der Waals surface area contributed by atoms with Crippen LogP contribution in [0.2, 0.25) is 0 Å². The molecular formula is C24H28N2O4. The van der Waals surface area contributed by atoms with E-state index in [4.69, 9.17) is 4.74 Å². The number of carbonyl (C=O) groups is 1. The number of rotatable bonds is 5. The summed E-state index contributed by atoms with van der Waals surface area (Å²) in [6, 6.07) is 18.9. The molecule has 0 aromatic heterocycles. The van der Waals surface area contributed by atoms with Gasteiger partial charge in [-0.3, -0.25) is 19.8 Å². The van der Waals surface area contributed by atoms with Crippen LogP contribution in [0.4, 0.5) is 0 Å². The van der Waals surface area contributed by atoms with Gasteiger partial charge in [0.25, 0.3) is 0 Å². The van der Waals surface area contributed by atoms with E-state index in [0.29, 0.717) is 13.0 Å². The molecular weight excluding hydrogens is 380 g/mol. The van der Waals surface area contributed by atoms with Crippen molar-refractivity contribution in [2.75, 3.05) is 13.7 Å². The van der Waals surface area contributed by atoms with E-state index < -0.39 is 23.0 Å². The number of carbonyl (C=O) groups excluding carboxylic acids is 1. The van der Waals surface area contributed by atoms with E-state index in [2.05, 4.69) is 4.90 Å².